The number of aryl methyl sites for hydroxylation is 2. The maximum atomic E-state index is 12.9. The summed E-state index contributed by atoms with van der Waals surface area (Å²) in [5, 5.41) is 12.4. The van der Waals surface area contributed by atoms with Gasteiger partial charge < -0.3 is 5.32 Å². The zero-order valence-electron chi connectivity index (χ0n) is 15.4. The molecule has 0 aliphatic rings. The Morgan fingerprint density at radius 2 is 2.04 bits per heavy atom. The van der Waals surface area contributed by atoms with E-state index in [2.05, 4.69) is 15.5 Å². The van der Waals surface area contributed by atoms with E-state index in [0.29, 0.717) is 11.3 Å². The van der Waals surface area contributed by atoms with Crippen LogP contribution in [0, 0.1) is 6.92 Å². The zero-order chi connectivity index (χ0) is 19.1. The number of hydrogen-bond donors (Lipinski definition) is 1. The van der Waals surface area contributed by atoms with Gasteiger partial charge in [-0.3, -0.25) is 9.48 Å². The van der Waals surface area contributed by atoms with Crippen molar-refractivity contribution in [1.82, 2.24) is 29.3 Å². The van der Waals surface area contributed by atoms with Gasteiger partial charge >= 0.3 is 5.69 Å². The number of rotatable bonds is 4. The van der Waals surface area contributed by atoms with Crippen molar-refractivity contribution in [3.8, 4) is 0 Å². The van der Waals surface area contributed by atoms with Crippen molar-refractivity contribution in [1.29, 1.82) is 0 Å². The van der Waals surface area contributed by atoms with Crippen molar-refractivity contribution in [3.63, 3.8) is 0 Å². The van der Waals surface area contributed by atoms with E-state index in [9.17, 15) is 9.59 Å². The highest BCUT2D eigenvalue weighted by molar-refractivity contribution is 5.92. The van der Waals surface area contributed by atoms with Crippen molar-refractivity contribution in [2.24, 2.45) is 7.05 Å². The number of carbonyl (C=O) groups excluding carboxylic acids is 1. The number of para-hydroxylation sites is 1. The van der Waals surface area contributed by atoms with Gasteiger partial charge in [0.1, 0.15) is 5.69 Å². The first-order chi connectivity index (χ1) is 13.0. The minimum absolute atomic E-state index is 0.216. The van der Waals surface area contributed by atoms with E-state index < -0.39 is 0 Å². The summed E-state index contributed by atoms with van der Waals surface area (Å²) in [6.07, 6.45) is 1.57. The van der Waals surface area contributed by atoms with Crippen LogP contribution in [-0.2, 0) is 13.6 Å². The van der Waals surface area contributed by atoms with Gasteiger partial charge in [0.2, 0.25) is 0 Å². The Labute approximate surface area is 155 Å². The van der Waals surface area contributed by atoms with Crippen molar-refractivity contribution in [2.45, 2.75) is 26.4 Å². The average molecular weight is 364 g/mol. The first-order valence-electron chi connectivity index (χ1n) is 8.72. The van der Waals surface area contributed by atoms with Crippen LogP contribution in [0.5, 0.6) is 0 Å². The summed E-state index contributed by atoms with van der Waals surface area (Å²) in [6.45, 7) is 4.06. The lowest BCUT2D eigenvalue weighted by atomic mass is 10.1. The molecule has 8 nitrogen and oxygen atoms in total. The SMILES string of the molecule is Cc1cc2ccccc2n2c(=O)n(C[C@@H](C)NC(=O)c3ccnn3C)nc12. The van der Waals surface area contributed by atoms with Crippen LogP contribution in [0.3, 0.4) is 0 Å². The normalized spacial score (nSPS) is 12.6. The van der Waals surface area contributed by atoms with Gasteiger partial charge in [0, 0.05) is 19.3 Å². The number of aromatic nitrogens is 5. The molecule has 0 radical (unpaired) electrons. The number of fused-ring (bicyclic) bond motifs is 3. The van der Waals surface area contributed by atoms with Crippen LogP contribution < -0.4 is 11.0 Å². The van der Waals surface area contributed by atoms with E-state index in [-0.39, 0.29) is 24.2 Å². The zero-order valence-corrected chi connectivity index (χ0v) is 15.4. The molecule has 3 heterocycles. The minimum Gasteiger partial charge on any atom is -0.346 e. The van der Waals surface area contributed by atoms with E-state index in [4.69, 9.17) is 0 Å². The lowest BCUT2D eigenvalue weighted by molar-refractivity contribution is 0.0926. The summed E-state index contributed by atoms with van der Waals surface area (Å²) in [5.41, 5.74) is 2.62. The van der Waals surface area contributed by atoms with E-state index >= 15 is 0 Å². The smallest absolute Gasteiger partial charge is 0.346 e. The molecular formula is C19H20N6O2. The van der Waals surface area contributed by atoms with Gasteiger partial charge in [-0.15, -0.1) is 5.10 Å². The minimum atomic E-state index is -0.276. The summed E-state index contributed by atoms with van der Waals surface area (Å²) in [7, 11) is 1.71. The summed E-state index contributed by atoms with van der Waals surface area (Å²) < 4.78 is 4.54. The topological polar surface area (TPSA) is 86.2 Å². The van der Waals surface area contributed by atoms with Gasteiger partial charge in [0.25, 0.3) is 5.91 Å². The molecule has 0 spiro atoms. The van der Waals surface area contributed by atoms with Crippen molar-refractivity contribution in [3.05, 3.63) is 64.3 Å². The third-order valence-corrected chi connectivity index (χ3v) is 4.62. The maximum Gasteiger partial charge on any atom is 0.350 e. The Balaban J connectivity index is 1.66. The Morgan fingerprint density at radius 3 is 2.78 bits per heavy atom. The maximum absolute atomic E-state index is 12.9. The van der Waals surface area contributed by atoms with Gasteiger partial charge in [-0.2, -0.15) is 5.10 Å². The lowest BCUT2D eigenvalue weighted by Gasteiger charge is -2.13. The highest BCUT2D eigenvalue weighted by atomic mass is 16.2. The molecule has 0 fully saturated rings. The molecule has 0 aliphatic heterocycles. The third-order valence-electron chi connectivity index (χ3n) is 4.62. The van der Waals surface area contributed by atoms with Gasteiger partial charge in [-0.1, -0.05) is 18.2 Å². The molecule has 1 N–H and O–H groups in total. The van der Waals surface area contributed by atoms with E-state index in [0.717, 1.165) is 16.5 Å². The number of nitrogens with one attached hydrogen (secondary N) is 1. The summed E-state index contributed by atoms with van der Waals surface area (Å²) in [6, 6.07) is 11.1. The van der Waals surface area contributed by atoms with Crippen LogP contribution >= 0.6 is 0 Å². The Kier molecular flexibility index (Phi) is 4.02. The lowest BCUT2D eigenvalue weighted by Crippen LogP contribution is -2.39. The molecule has 1 amide bonds. The van der Waals surface area contributed by atoms with E-state index in [1.165, 1.54) is 9.36 Å². The Morgan fingerprint density at radius 1 is 1.26 bits per heavy atom. The third kappa shape index (κ3) is 2.88. The molecule has 0 aliphatic carbocycles. The molecule has 4 rings (SSSR count). The number of carbonyl (C=O) groups is 1. The van der Waals surface area contributed by atoms with Crippen LogP contribution in [0.15, 0.2) is 47.4 Å². The molecule has 0 saturated heterocycles. The monoisotopic (exact) mass is 364 g/mol. The number of pyridine rings is 1. The fourth-order valence-corrected chi connectivity index (χ4v) is 3.31. The van der Waals surface area contributed by atoms with Crippen LogP contribution in [0.4, 0.5) is 0 Å². The van der Waals surface area contributed by atoms with Crippen molar-refractivity contribution in [2.75, 3.05) is 0 Å². The number of hydrogen-bond acceptors (Lipinski definition) is 4. The van der Waals surface area contributed by atoms with Crippen LogP contribution in [-0.4, -0.2) is 35.9 Å². The molecule has 8 heteroatoms. The molecule has 0 saturated carbocycles. The number of nitrogens with zero attached hydrogens (tertiary/aromatic N) is 5. The van der Waals surface area contributed by atoms with Gasteiger partial charge in [-0.25, -0.2) is 13.9 Å². The molecule has 0 unspecified atom stereocenters. The number of benzene rings is 1. The van der Waals surface area contributed by atoms with Crippen LogP contribution in [0.2, 0.25) is 0 Å². The summed E-state index contributed by atoms with van der Waals surface area (Å²) in [4.78, 5) is 25.3. The first-order valence-corrected chi connectivity index (χ1v) is 8.72. The highest BCUT2D eigenvalue weighted by Gasteiger charge is 2.17. The van der Waals surface area contributed by atoms with Gasteiger partial charge in [0.05, 0.1) is 12.1 Å². The second-order valence-corrected chi connectivity index (χ2v) is 6.72. The van der Waals surface area contributed by atoms with Gasteiger partial charge in [0.15, 0.2) is 5.65 Å². The predicted octanol–water partition coefficient (Wildman–Crippen LogP) is 1.51. The van der Waals surface area contributed by atoms with Crippen molar-refractivity contribution >= 4 is 22.5 Å². The molecule has 4 aromatic rings. The quantitative estimate of drug-likeness (QED) is 0.595. The molecule has 138 valence electrons. The average Bonchev–Trinajstić information content (AvgIpc) is 3.20. The Hall–Kier alpha value is -3.42. The highest BCUT2D eigenvalue weighted by Crippen LogP contribution is 2.18. The predicted molar refractivity (Wildman–Crippen MR) is 102 cm³/mol. The first kappa shape index (κ1) is 17.0. The molecule has 3 aromatic heterocycles. The van der Waals surface area contributed by atoms with Gasteiger partial charge in [-0.05, 0) is 43.0 Å². The standard InChI is InChI=1S/C19H20N6O2/c1-12-10-14-6-4-5-7-15(14)25-17(12)22-24(19(25)27)11-13(2)21-18(26)16-8-9-20-23(16)3/h4-10,13H,11H2,1-3H3,(H,21,26)/t13-/m1/s1. The second-order valence-electron chi connectivity index (χ2n) is 6.72. The Bertz CT molecular complexity index is 1220. The molecular weight excluding hydrogens is 344 g/mol. The fraction of sp³-hybridized carbons (Fsp3) is 0.263. The molecule has 1 atom stereocenters. The van der Waals surface area contributed by atoms with Crippen LogP contribution in [0.25, 0.3) is 16.6 Å². The second kappa shape index (κ2) is 6.39. The fourth-order valence-electron chi connectivity index (χ4n) is 3.31. The van der Waals surface area contributed by atoms with E-state index in [1.54, 1.807) is 23.7 Å². The van der Waals surface area contributed by atoms with Crippen LogP contribution in [0.1, 0.15) is 23.0 Å². The van der Waals surface area contributed by atoms with Crippen molar-refractivity contribution < 1.29 is 4.79 Å². The summed E-state index contributed by atoms with van der Waals surface area (Å²) in [5.74, 6) is -0.235. The number of amides is 1. The van der Waals surface area contributed by atoms with E-state index in [1.807, 2.05) is 44.2 Å². The molecule has 1 aromatic carbocycles. The molecule has 27 heavy (non-hydrogen) atoms. The largest absolute Gasteiger partial charge is 0.350 e. The molecule has 0 bridgehead atoms. The summed E-state index contributed by atoms with van der Waals surface area (Å²) >= 11 is 0.